The molecular formula is C16H17BrN2O2. The predicted molar refractivity (Wildman–Crippen MR) is 86.2 cm³/mol. The van der Waals surface area contributed by atoms with Crippen molar-refractivity contribution in [2.24, 2.45) is 0 Å². The Morgan fingerprint density at radius 1 is 1.24 bits per heavy atom. The van der Waals surface area contributed by atoms with Crippen LogP contribution in [0.25, 0.3) is 0 Å². The number of aromatic nitrogens is 1. The zero-order valence-electron chi connectivity index (χ0n) is 12.0. The van der Waals surface area contributed by atoms with Gasteiger partial charge in [0.1, 0.15) is 12.4 Å². The molecule has 0 N–H and O–H groups in total. The average molecular weight is 349 g/mol. The zero-order chi connectivity index (χ0) is 15.2. The van der Waals surface area contributed by atoms with Crippen LogP contribution in [-0.2, 0) is 11.3 Å². The lowest BCUT2D eigenvalue weighted by Gasteiger charge is -2.24. The molecule has 0 saturated heterocycles. The van der Waals surface area contributed by atoms with Gasteiger partial charge in [-0.15, -0.1) is 0 Å². The van der Waals surface area contributed by atoms with Crippen molar-refractivity contribution in [3.05, 3.63) is 58.7 Å². The minimum Gasteiger partial charge on any atom is -0.444 e. The molecule has 0 unspecified atom stereocenters. The van der Waals surface area contributed by atoms with Gasteiger partial charge in [-0.1, -0.05) is 30.3 Å². The molecule has 0 aliphatic heterocycles. The molecule has 110 valence electrons. The molecule has 0 aliphatic carbocycles. The van der Waals surface area contributed by atoms with E-state index in [0.717, 1.165) is 10.0 Å². The first-order valence-corrected chi connectivity index (χ1v) is 7.48. The maximum Gasteiger partial charge on any atom is 0.416 e. The molecule has 0 aliphatic rings. The fraction of sp³-hybridized carbons (Fsp3) is 0.250. The van der Waals surface area contributed by atoms with Crippen LogP contribution < -0.4 is 4.90 Å². The van der Waals surface area contributed by atoms with Gasteiger partial charge in [0.25, 0.3) is 0 Å². The summed E-state index contributed by atoms with van der Waals surface area (Å²) < 4.78 is 6.24. The zero-order valence-corrected chi connectivity index (χ0v) is 13.6. The Balaban J connectivity index is 2.07. The normalized spacial score (nSPS) is 10.5. The molecule has 2 aromatic rings. The summed E-state index contributed by atoms with van der Waals surface area (Å²) >= 11 is 3.33. The molecule has 0 fully saturated rings. The fourth-order valence-electron chi connectivity index (χ4n) is 1.87. The Morgan fingerprint density at radius 2 is 1.95 bits per heavy atom. The van der Waals surface area contributed by atoms with Gasteiger partial charge in [-0.3, -0.25) is 4.90 Å². The Labute approximate surface area is 132 Å². The second-order valence-electron chi connectivity index (χ2n) is 4.84. The molecule has 1 aromatic heterocycles. The van der Waals surface area contributed by atoms with Gasteiger partial charge in [-0.2, -0.15) is 0 Å². The van der Waals surface area contributed by atoms with E-state index in [0.29, 0.717) is 5.82 Å². The van der Waals surface area contributed by atoms with E-state index in [9.17, 15) is 4.79 Å². The van der Waals surface area contributed by atoms with Crippen molar-refractivity contribution < 1.29 is 9.53 Å². The first kappa shape index (κ1) is 15.5. The van der Waals surface area contributed by atoms with E-state index < -0.39 is 6.09 Å². The van der Waals surface area contributed by atoms with Gasteiger partial charge in [-0.05, 0) is 47.5 Å². The smallest absolute Gasteiger partial charge is 0.416 e. The quantitative estimate of drug-likeness (QED) is 0.822. The molecule has 0 atom stereocenters. The van der Waals surface area contributed by atoms with Gasteiger partial charge in [0.15, 0.2) is 0 Å². The molecule has 5 heteroatoms. The van der Waals surface area contributed by atoms with Crippen LogP contribution in [0.3, 0.4) is 0 Å². The van der Waals surface area contributed by atoms with E-state index in [1.807, 2.05) is 50.2 Å². The third kappa shape index (κ3) is 4.29. The van der Waals surface area contributed by atoms with Crippen LogP contribution in [0.15, 0.2) is 53.1 Å². The molecule has 0 spiro atoms. The first-order chi connectivity index (χ1) is 10.1. The topological polar surface area (TPSA) is 42.4 Å². The number of halogens is 1. The molecule has 1 aromatic carbocycles. The second kappa shape index (κ2) is 7.22. The Bertz CT molecular complexity index is 585. The van der Waals surface area contributed by atoms with Crippen LogP contribution in [0.1, 0.15) is 19.4 Å². The summed E-state index contributed by atoms with van der Waals surface area (Å²) in [5.41, 5.74) is 0.957. The van der Waals surface area contributed by atoms with Gasteiger partial charge >= 0.3 is 6.09 Å². The van der Waals surface area contributed by atoms with Crippen molar-refractivity contribution in [3.8, 4) is 0 Å². The minimum atomic E-state index is -0.399. The second-order valence-corrected chi connectivity index (χ2v) is 5.75. The SMILES string of the molecule is CC(C)N(C(=O)OCc1ccccc1)c1ccc(Br)cn1. The third-order valence-corrected chi connectivity index (χ3v) is 3.35. The molecular weight excluding hydrogens is 332 g/mol. The first-order valence-electron chi connectivity index (χ1n) is 6.69. The monoisotopic (exact) mass is 348 g/mol. The number of anilines is 1. The molecule has 0 radical (unpaired) electrons. The van der Waals surface area contributed by atoms with Gasteiger partial charge in [0.2, 0.25) is 0 Å². The number of nitrogens with zero attached hydrogens (tertiary/aromatic N) is 2. The van der Waals surface area contributed by atoms with Gasteiger partial charge < -0.3 is 4.74 Å². The molecule has 21 heavy (non-hydrogen) atoms. The van der Waals surface area contributed by atoms with E-state index in [4.69, 9.17) is 4.74 Å². The van der Waals surface area contributed by atoms with Gasteiger partial charge in [-0.25, -0.2) is 9.78 Å². The van der Waals surface area contributed by atoms with Crippen LogP contribution in [-0.4, -0.2) is 17.1 Å². The molecule has 1 amide bonds. The third-order valence-electron chi connectivity index (χ3n) is 2.88. The van der Waals surface area contributed by atoms with Crippen molar-refractivity contribution in [2.75, 3.05) is 4.90 Å². The highest BCUT2D eigenvalue weighted by molar-refractivity contribution is 9.10. The Kier molecular flexibility index (Phi) is 5.33. The van der Waals surface area contributed by atoms with Gasteiger partial charge in [0, 0.05) is 16.7 Å². The lowest BCUT2D eigenvalue weighted by Crippen LogP contribution is -2.38. The summed E-state index contributed by atoms with van der Waals surface area (Å²) in [4.78, 5) is 18.1. The van der Waals surface area contributed by atoms with Crippen molar-refractivity contribution >= 4 is 27.8 Å². The van der Waals surface area contributed by atoms with E-state index in [2.05, 4.69) is 20.9 Å². The molecule has 2 rings (SSSR count). The summed E-state index contributed by atoms with van der Waals surface area (Å²) in [5.74, 6) is 0.575. The highest BCUT2D eigenvalue weighted by atomic mass is 79.9. The van der Waals surface area contributed by atoms with E-state index >= 15 is 0 Å². The summed E-state index contributed by atoms with van der Waals surface area (Å²) in [6, 6.07) is 13.2. The lowest BCUT2D eigenvalue weighted by molar-refractivity contribution is 0.145. The van der Waals surface area contributed by atoms with Crippen LogP contribution in [0.2, 0.25) is 0 Å². The number of pyridine rings is 1. The Hall–Kier alpha value is -1.88. The molecule has 1 heterocycles. The number of rotatable bonds is 4. The van der Waals surface area contributed by atoms with Crippen molar-refractivity contribution in [1.29, 1.82) is 0 Å². The van der Waals surface area contributed by atoms with Crippen LogP contribution in [0.5, 0.6) is 0 Å². The highest BCUT2D eigenvalue weighted by Crippen LogP contribution is 2.18. The minimum absolute atomic E-state index is 0.0399. The molecule has 0 bridgehead atoms. The molecule has 0 saturated carbocycles. The van der Waals surface area contributed by atoms with Crippen LogP contribution in [0, 0.1) is 0 Å². The predicted octanol–water partition coefficient (Wildman–Crippen LogP) is 4.40. The fourth-order valence-corrected chi connectivity index (χ4v) is 2.10. The van der Waals surface area contributed by atoms with E-state index in [1.165, 1.54) is 4.90 Å². The maximum atomic E-state index is 12.3. The Morgan fingerprint density at radius 3 is 2.52 bits per heavy atom. The number of amides is 1. The van der Waals surface area contributed by atoms with E-state index in [1.54, 1.807) is 12.3 Å². The van der Waals surface area contributed by atoms with Crippen molar-refractivity contribution in [1.82, 2.24) is 4.98 Å². The summed E-state index contributed by atoms with van der Waals surface area (Å²) in [6.45, 7) is 4.10. The standard InChI is InChI=1S/C16H17BrN2O2/c1-12(2)19(15-9-8-14(17)10-18-15)16(20)21-11-13-6-4-3-5-7-13/h3-10,12H,11H2,1-2H3. The number of hydrogen-bond donors (Lipinski definition) is 0. The largest absolute Gasteiger partial charge is 0.444 e. The van der Waals surface area contributed by atoms with Crippen LogP contribution in [0.4, 0.5) is 10.6 Å². The van der Waals surface area contributed by atoms with Crippen LogP contribution >= 0.6 is 15.9 Å². The summed E-state index contributed by atoms with van der Waals surface area (Å²) in [6.07, 6.45) is 1.26. The van der Waals surface area contributed by atoms with Gasteiger partial charge in [0.05, 0.1) is 0 Å². The number of ether oxygens (including phenoxy) is 1. The number of carbonyl (C=O) groups is 1. The number of carbonyl (C=O) groups excluding carboxylic acids is 1. The van der Waals surface area contributed by atoms with Crippen molar-refractivity contribution in [2.45, 2.75) is 26.5 Å². The van der Waals surface area contributed by atoms with Crippen molar-refractivity contribution in [3.63, 3.8) is 0 Å². The molecule has 4 nitrogen and oxygen atoms in total. The maximum absolute atomic E-state index is 12.3. The highest BCUT2D eigenvalue weighted by Gasteiger charge is 2.21. The van der Waals surface area contributed by atoms with E-state index in [-0.39, 0.29) is 12.6 Å². The summed E-state index contributed by atoms with van der Waals surface area (Å²) in [5, 5.41) is 0. The summed E-state index contributed by atoms with van der Waals surface area (Å²) in [7, 11) is 0. The number of benzene rings is 1. The number of hydrogen-bond acceptors (Lipinski definition) is 3. The average Bonchev–Trinajstić information content (AvgIpc) is 2.48. The lowest BCUT2D eigenvalue weighted by atomic mass is 10.2.